The lowest BCUT2D eigenvalue weighted by molar-refractivity contribution is -0.129. The number of carbonyl (C=O) groups is 1. The van der Waals surface area contributed by atoms with Crippen molar-refractivity contribution in [3.63, 3.8) is 0 Å². The molecule has 0 radical (unpaired) electrons. The lowest BCUT2D eigenvalue weighted by atomic mass is 9.85. The largest absolute Gasteiger partial charge is 0.335 e. The van der Waals surface area contributed by atoms with Gasteiger partial charge in [0.25, 0.3) is 0 Å². The highest BCUT2D eigenvalue weighted by atomic mass is 32.2. The van der Waals surface area contributed by atoms with E-state index in [-0.39, 0.29) is 5.91 Å². The molecule has 1 aliphatic heterocycles. The van der Waals surface area contributed by atoms with Crippen molar-refractivity contribution < 1.29 is 4.79 Å². The number of hydrogen-bond donors (Lipinski definition) is 0. The quantitative estimate of drug-likeness (QED) is 0.786. The van der Waals surface area contributed by atoms with Gasteiger partial charge >= 0.3 is 0 Å². The first kappa shape index (κ1) is 13.5. The molecule has 0 aromatic heterocycles. The molecule has 1 aromatic carbocycles. The van der Waals surface area contributed by atoms with E-state index in [0.717, 1.165) is 19.4 Å². The van der Waals surface area contributed by atoms with Crippen LogP contribution in [0, 0.1) is 5.92 Å². The van der Waals surface area contributed by atoms with Crippen LogP contribution in [0.3, 0.4) is 0 Å². The van der Waals surface area contributed by atoms with E-state index >= 15 is 0 Å². The summed E-state index contributed by atoms with van der Waals surface area (Å²) in [5.41, 5.74) is 0. The Morgan fingerprint density at radius 2 is 1.95 bits per heavy atom. The Hall–Kier alpha value is -1.48. The highest BCUT2D eigenvalue weighted by Gasteiger charge is 2.36. The molecular formula is C17H19NOS. The number of likely N-dealkylation sites (N-methyl/N-ethyl adjacent to an activating group) is 1. The van der Waals surface area contributed by atoms with E-state index in [4.69, 9.17) is 0 Å². The normalized spacial score (nSPS) is 25.4. The minimum atomic E-state index is 0.169. The Morgan fingerprint density at radius 1 is 1.20 bits per heavy atom. The molecule has 2 nitrogen and oxygen atoms in total. The van der Waals surface area contributed by atoms with E-state index in [9.17, 15) is 4.79 Å². The number of hydrogen-bond acceptors (Lipinski definition) is 2. The molecule has 0 saturated heterocycles. The van der Waals surface area contributed by atoms with Gasteiger partial charge in [-0.15, -0.1) is 0 Å². The third-order valence-electron chi connectivity index (χ3n) is 4.03. The van der Waals surface area contributed by atoms with Crippen LogP contribution in [0.4, 0.5) is 0 Å². The average molecular weight is 285 g/mol. The van der Waals surface area contributed by atoms with Crippen molar-refractivity contribution in [1.82, 2.24) is 4.90 Å². The van der Waals surface area contributed by atoms with Gasteiger partial charge in [-0.05, 0) is 31.9 Å². The fourth-order valence-corrected chi connectivity index (χ4v) is 4.18. The number of nitrogens with zero attached hydrogens (tertiary/aromatic N) is 1. The summed E-state index contributed by atoms with van der Waals surface area (Å²) >= 11 is 1.75. The van der Waals surface area contributed by atoms with Gasteiger partial charge in [0.2, 0.25) is 5.91 Å². The molecule has 2 atom stereocenters. The Kier molecular flexibility index (Phi) is 3.97. The SMILES string of the molecule is CCN1C(=O)C=C(Sc2ccccc2)[C@@H]2CC=CC[C@@H]21. The zero-order valence-corrected chi connectivity index (χ0v) is 12.5. The summed E-state index contributed by atoms with van der Waals surface area (Å²) in [6.45, 7) is 2.87. The van der Waals surface area contributed by atoms with Crippen LogP contribution in [0.5, 0.6) is 0 Å². The van der Waals surface area contributed by atoms with Crippen LogP contribution in [-0.2, 0) is 4.79 Å². The molecule has 0 spiro atoms. The van der Waals surface area contributed by atoms with Crippen LogP contribution in [0.15, 0.2) is 58.4 Å². The average Bonchev–Trinajstić information content (AvgIpc) is 2.49. The minimum absolute atomic E-state index is 0.169. The first-order valence-electron chi connectivity index (χ1n) is 7.19. The fraction of sp³-hybridized carbons (Fsp3) is 0.353. The summed E-state index contributed by atoms with van der Waals surface area (Å²) < 4.78 is 0. The van der Waals surface area contributed by atoms with Crippen LogP contribution >= 0.6 is 11.8 Å². The molecule has 1 aromatic rings. The number of thioether (sulfide) groups is 1. The van der Waals surface area contributed by atoms with Gasteiger partial charge in [0.15, 0.2) is 0 Å². The van der Waals surface area contributed by atoms with Gasteiger partial charge in [0, 0.05) is 34.4 Å². The van der Waals surface area contributed by atoms with E-state index in [1.165, 1.54) is 9.80 Å². The number of benzene rings is 1. The van der Waals surface area contributed by atoms with Crippen molar-refractivity contribution >= 4 is 17.7 Å². The van der Waals surface area contributed by atoms with Gasteiger partial charge in [-0.3, -0.25) is 4.79 Å². The zero-order chi connectivity index (χ0) is 13.9. The van der Waals surface area contributed by atoms with Crippen molar-refractivity contribution in [1.29, 1.82) is 0 Å². The molecule has 1 amide bonds. The fourth-order valence-electron chi connectivity index (χ4n) is 3.05. The summed E-state index contributed by atoms with van der Waals surface area (Å²) in [6.07, 6.45) is 8.34. The summed E-state index contributed by atoms with van der Waals surface area (Å²) in [5, 5.41) is 0. The number of rotatable bonds is 3. The summed E-state index contributed by atoms with van der Waals surface area (Å²) in [4.78, 5) is 16.7. The van der Waals surface area contributed by atoms with E-state index in [1.807, 2.05) is 29.2 Å². The van der Waals surface area contributed by atoms with Crippen molar-refractivity contribution in [2.75, 3.05) is 6.54 Å². The van der Waals surface area contributed by atoms with Gasteiger partial charge in [-0.1, -0.05) is 42.1 Å². The third-order valence-corrected chi connectivity index (χ3v) is 5.20. The lowest BCUT2D eigenvalue weighted by Crippen LogP contribution is -2.47. The molecule has 3 heteroatoms. The molecule has 0 unspecified atom stereocenters. The Bertz CT molecular complexity index is 549. The first-order valence-corrected chi connectivity index (χ1v) is 8.01. The van der Waals surface area contributed by atoms with Crippen molar-refractivity contribution in [2.45, 2.75) is 30.7 Å². The van der Waals surface area contributed by atoms with Gasteiger partial charge in [-0.25, -0.2) is 0 Å². The van der Waals surface area contributed by atoms with Crippen molar-refractivity contribution in [2.24, 2.45) is 5.92 Å². The van der Waals surface area contributed by atoms with Crippen LogP contribution < -0.4 is 0 Å². The van der Waals surface area contributed by atoms with Crippen molar-refractivity contribution in [3.05, 3.63) is 53.5 Å². The van der Waals surface area contributed by atoms with Crippen LogP contribution in [0.2, 0.25) is 0 Å². The standard InChI is InChI=1S/C17H19NOS/c1-2-18-15-11-7-6-10-14(15)16(12-17(18)19)20-13-8-4-3-5-9-13/h3-9,12,14-15H,2,10-11H2,1H3/t14-,15+/m1/s1. The molecule has 2 aliphatic rings. The molecule has 104 valence electrons. The zero-order valence-electron chi connectivity index (χ0n) is 11.7. The smallest absolute Gasteiger partial charge is 0.247 e. The minimum Gasteiger partial charge on any atom is -0.335 e. The molecule has 0 bridgehead atoms. The van der Waals surface area contributed by atoms with E-state index in [0.29, 0.717) is 12.0 Å². The number of amides is 1. The second-order valence-electron chi connectivity index (χ2n) is 5.20. The van der Waals surface area contributed by atoms with Crippen LogP contribution in [-0.4, -0.2) is 23.4 Å². The maximum Gasteiger partial charge on any atom is 0.247 e. The molecule has 1 heterocycles. The van der Waals surface area contributed by atoms with Gasteiger partial charge in [-0.2, -0.15) is 0 Å². The maximum absolute atomic E-state index is 12.3. The van der Waals surface area contributed by atoms with E-state index < -0.39 is 0 Å². The Morgan fingerprint density at radius 3 is 2.70 bits per heavy atom. The number of allylic oxidation sites excluding steroid dienone is 1. The first-order chi connectivity index (χ1) is 9.79. The van der Waals surface area contributed by atoms with E-state index in [2.05, 4.69) is 31.2 Å². The molecule has 0 saturated carbocycles. The summed E-state index contributed by atoms with van der Waals surface area (Å²) in [7, 11) is 0. The highest BCUT2D eigenvalue weighted by molar-refractivity contribution is 8.03. The maximum atomic E-state index is 12.3. The monoisotopic (exact) mass is 285 g/mol. The lowest BCUT2D eigenvalue weighted by Gasteiger charge is -2.41. The van der Waals surface area contributed by atoms with Gasteiger partial charge in [0.05, 0.1) is 0 Å². The third kappa shape index (κ3) is 2.55. The number of fused-ring (bicyclic) bond motifs is 1. The van der Waals surface area contributed by atoms with Crippen molar-refractivity contribution in [3.8, 4) is 0 Å². The van der Waals surface area contributed by atoms with Crippen LogP contribution in [0.1, 0.15) is 19.8 Å². The molecular weight excluding hydrogens is 266 g/mol. The molecule has 20 heavy (non-hydrogen) atoms. The second kappa shape index (κ2) is 5.88. The summed E-state index contributed by atoms with van der Waals surface area (Å²) in [5.74, 6) is 0.630. The molecule has 0 fully saturated rings. The Balaban J connectivity index is 1.89. The van der Waals surface area contributed by atoms with E-state index in [1.54, 1.807) is 11.8 Å². The Labute approximate surface area is 124 Å². The predicted octanol–water partition coefficient (Wildman–Crippen LogP) is 3.86. The molecule has 3 rings (SSSR count). The van der Waals surface area contributed by atoms with Crippen LogP contribution in [0.25, 0.3) is 0 Å². The predicted molar refractivity (Wildman–Crippen MR) is 83.4 cm³/mol. The van der Waals surface area contributed by atoms with Gasteiger partial charge < -0.3 is 4.90 Å². The second-order valence-corrected chi connectivity index (χ2v) is 6.35. The molecule has 0 N–H and O–H groups in total. The summed E-state index contributed by atoms with van der Waals surface area (Å²) in [6, 6.07) is 10.7. The van der Waals surface area contributed by atoms with Gasteiger partial charge in [0.1, 0.15) is 0 Å². The number of carbonyl (C=O) groups excluding carboxylic acids is 1. The highest BCUT2D eigenvalue weighted by Crippen LogP contribution is 2.41. The topological polar surface area (TPSA) is 20.3 Å². The molecule has 1 aliphatic carbocycles.